The number of amides is 3. The highest BCUT2D eigenvalue weighted by Gasteiger charge is 2.31. The summed E-state index contributed by atoms with van der Waals surface area (Å²) < 4.78 is 34.3. The molecule has 7 nitrogen and oxygen atoms in total. The maximum Gasteiger partial charge on any atom is 0.321 e. The molecule has 0 saturated carbocycles. The van der Waals surface area contributed by atoms with Crippen LogP contribution >= 0.6 is 0 Å². The number of hydrogen-bond donors (Lipinski definition) is 1. The number of ether oxygens (including phenoxy) is 1. The summed E-state index contributed by atoms with van der Waals surface area (Å²) >= 11 is 0. The van der Waals surface area contributed by atoms with Crippen LogP contribution in [0.3, 0.4) is 0 Å². The number of carbonyl (C=O) groups excluding carboxylic acids is 2. The Balaban J connectivity index is 1.33. The van der Waals surface area contributed by atoms with Crippen molar-refractivity contribution < 1.29 is 23.1 Å². The van der Waals surface area contributed by atoms with Crippen molar-refractivity contribution in [2.24, 2.45) is 0 Å². The van der Waals surface area contributed by atoms with Crippen LogP contribution in [-0.2, 0) is 9.53 Å². The van der Waals surface area contributed by atoms with Gasteiger partial charge in [-0.3, -0.25) is 4.79 Å². The fourth-order valence-electron chi connectivity index (χ4n) is 4.19. The van der Waals surface area contributed by atoms with Crippen molar-refractivity contribution in [2.45, 2.75) is 31.8 Å². The topological polar surface area (TPSA) is 65.1 Å². The fourth-order valence-corrected chi connectivity index (χ4v) is 4.19. The normalized spacial score (nSPS) is 22.3. The summed E-state index contributed by atoms with van der Waals surface area (Å²) in [6, 6.07) is 1.89. The number of hydrogen-bond acceptors (Lipinski definition) is 4. The lowest BCUT2D eigenvalue weighted by molar-refractivity contribution is -0.142. The van der Waals surface area contributed by atoms with E-state index in [9.17, 15) is 18.4 Å². The highest BCUT2D eigenvalue weighted by atomic mass is 19.1. The molecule has 29 heavy (non-hydrogen) atoms. The Labute approximate surface area is 168 Å². The van der Waals surface area contributed by atoms with Gasteiger partial charge < -0.3 is 24.8 Å². The van der Waals surface area contributed by atoms with E-state index in [0.29, 0.717) is 45.9 Å². The van der Waals surface area contributed by atoms with Crippen molar-refractivity contribution >= 4 is 23.3 Å². The first-order chi connectivity index (χ1) is 14.0. The lowest BCUT2D eigenvalue weighted by Crippen LogP contribution is -2.53. The largest absolute Gasteiger partial charge is 0.368 e. The average molecular weight is 408 g/mol. The molecule has 3 saturated heterocycles. The van der Waals surface area contributed by atoms with E-state index in [1.807, 2.05) is 0 Å². The zero-order valence-electron chi connectivity index (χ0n) is 16.3. The van der Waals surface area contributed by atoms with E-state index in [4.69, 9.17) is 4.74 Å². The number of nitrogens with one attached hydrogen (secondary N) is 1. The van der Waals surface area contributed by atoms with Crippen LogP contribution in [0.4, 0.5) is 25.0 Å². The van der Waals surface area contributed by atoms with Crippen LogP contribution in [0.25, 0.3) is 0 Å². The first-order valence-corrected chi connectivity index (χ1v) is 10.2. The summed E-state index contributed by atoms with van der Waals surface area (Å²) in [5, 5.41) is 2.57. The molecule has 0 spiro atoms. The Kier molecular flexibility index (Phi) is 5.84. The summed E-state index contributed by atoms with van der Waals surface area (Å²) in [4.78, 5) is 29.8. The van der Waals surface area contributed by atoms with E-state index in [2.05, 4.69) is 5.32 Å². The Morgan fingerprint density at radius 1 is 0.931 bits per heavy atom. The Bertz CT molecular complexity index is 748. The van der Waals surface area contributed by atoms with Crippen molar-refractivity contribution in [3.05, 3.63) is 23.8 Å². The molecule has 3 heterocycles. The highest BCUT2D eigenvalue weighted by molar-refractivity contribution is 5.90. The van der Waals surface area contributed by atoms with Gasteiger partial charge in [-0.05, 0) is 37.8 Å². The van der Waals surface area contributed by atoms with Crippen LogP contribution in [0, 0.1) is 11.6 Å². The zero-order valence-corrected chi connectivity index (χ0v) is 16.3. The monoisotopic (exact) mass is 408 g/mol. The van der Waals surface area contributed by atoms with Gasteiger partial charge in [0.05, 0.1) is 0 Å². The van der Waals surface area contributed by atoms with Gasteiger partial charge in [0.1, 0.15) is 11.8 Å². The molecule has 3 fully saturated rings. The molecular formula is C20H26F2N4O3. The van der Waals surface area contributed by atoms with E-state index < -0.39 is 17.7 Å². The second-order valence-corrected chi connectivity index (χ2v) is 7.73. The molecule has 1 N–H and O–H groups in total. The quantitative estimate of drug-likeness (QED) is 0.834. The summed E-state index contributed by atoms with van der Waals surface area (Å²) in [6.07, 6.45) is 3.10. The van der Waals surface area contributed by atoms with Crippen LogP contribution in [0.15, 0.2) is 12.1 Å². The third-order valence-corrected chi connectivity index (χ3v) is 5.77. The number of halogens is 2. The van der Waals surface area contributed by atoms with Gasteiger partial charge in [0.15, 0.2) is 11.6 Å². The van der Waals surface area contributed by atoms with Gasteiger partial charge in [-0.25, -0.2) is 13.6 Å². The van der Waals surface area contributed by atoms with E-state index in [1.54, 1.807) is 14.7 Å². The summed E-state index contributed by atoms with van der Waals surface area (Å²) in [5.74, 6) is -1.37. The number of nitrogens with zero attached hydrogens (tertiary/aromatic N) is 3. The Morgan fingerprint density at radius 3 is 2.14 bits per heavy atom. The molecular weight excluding hydrogens is 382 g/mol. The van der Waals surface area contributed by atoms with Crippen molar-refractivity contribution in [1.82, 2.24) is 9.80 Å². The van der Waals surface area contributed by atoms with E-state index in [-0.39, 0.29) is 23.4 Å². The van der Waals surface area contributed by atoms with Gasteiger partial charge in [-0.2, -0.15) is 0 Å². The first kappa shape index (κ1) is 19.9. The predicted molar refractivity (Wildman–Crippen MR) is 104 cm³/mol. The Morgan fingerprint density at radius 2 is 1.55 bits per heavy atom. The maximum absolute atomic E-state index is 14.4. The van der Waals surface area contributed by atoms with Gasteiger partial charge >= 0.3 is 6.03 Å². The number of carbonyl (C=O) groups is 2. The van der Waals surface area contributed by atoms with Gasteiger partial charge in [-0.1, -0.05) is 0 Å². The molecule has 1 aromatic carbocycles. The summed E-state index contributed by atoms with van der Waals surface area (Å²) in [7, 11) is 0. The summed E-state index contributed by atoms with van der Waals surface area (Å²) in [5.41, 5.74) is 0.0626. The molecule has 3 aliphatic rings. The van der Waals surface area contributed by atoms with Crippen molar-refractivity contribution in [1.29, 1.82) is 0 Å². The molecule has 3 aliphatic heterocycles. The van der Waals surface area contributed by atoms with Crippen LogP contribution < -0.4 is 10.2 Å². The van der Waals surface area contributed by atoms with Gasteiger partial charge in [0.25, 0.3) is 5.91 Å². The van der Waals surface area contributed by atoms with Gasteiger partial charge in [0, 0.05) is 51.6 Å². The summed E-state index contributed by atoms with van der Waals surface area (Å²) in [6.45, 7) is 3.44. The molecule has 0 radical (unpaired) electrons. The number of rotatable bonds is 3. The number of piperazine rings is 1. The smallest absolute Gasteiger partial charge is 0.321 e. The number of urea groups is 1. The standard InChI is InChI=1S/C20H26F2N4O3/c21-15-12-14(13-16(22)18(15)24-5-1-2-6-24)23-20(28)26-9-7-25(8-10-26)19(27)17-4-3-11-29-17/h12-13,17H,1-11H2,(H,23,28). The van der Waals surface area contributed by atoms with E-state index >= 15 is 0 Å². The lowest BCUT2D eigenvalue weighted by Gasteiger charge is -2.35. The first-order valence-electron chi connectivity index (χ1n) is 10.2. The molecule has 1 aromatic rings. The number of benzene rings is 1. The van der Waals surface area contributed by atoms with E-state index in [1.165, 1.54) is 0 Å². The SMILES string of the molecule is O=C(Nc1cc(F)c(N2CCCC2)c(F)c1)N1CCN(C(=O)C2CCCO2)CC1. The third kappa shape index (κ3) is 4.29. The van der Waals surface area contributed by atoms with Crippen molar-refractivity contribution in [2.75, 3.05) is 56.1 Å². The Hall–Kier alpha value is -2.42. The lowest BCUT2D eigenvalue weighted by atomic mass is 10.2. The van der Waals surface area contributed by atoms with Crippen LogP contribution in [0.5, 0.6) is 0 Å². The molecule has 1 unspecified atom stereocenters. The predicted octanol–water partition coefficient (Wildman–Crippen LogP) is 2.42. The minimum Gasteiger partial charge on any atom is -0.368 e. The minimum absolute atomic E-state index is 0.0239. The molecule has 0 aliphatic carbocycles. The van der Waals surface area contributed by atoms with Gasteiger partial charge in [0.2, 0.25) is 0 Å². The molecule has 1 atom stereocenters. The van der Waals surface area contributed by atoms with E-state index in [0.717, 1.165) is 37.8 Å². The minimum atomic E-state index is -0.672. The highest BCUT2D eigenvalue weighted by Crippen LogP contribution is 2.29. The van der Waals surface area contributed by atoms with Gasteiger partial charge in [-0.15, -0.1) is 0 Å². The second kappa shape index (κ2) is 8.52. The van der Waals surface area contributed by atoms with Crippen molar-refractivity contribution in [3.63, 3.8) is 0 Å². The molecule has 9 heteroatoms. The molecule has 158 valence electrons. The van der Waals surface area contributed by atoms with Crippen molar-refractivity contribution in [3.8, 4) is 0 Å². The zero-order chi connectivity index (χ0) is 20.4. The molecule has 0 aromatic heterocycles. The third-order valence-electron chi connectivity index (χ3n) is 5.77. The number of anilines is 2. The molecule has 4 rings (SSSR count). The van der Waals surface area contributed by atoms with Crippen LogP contribution in [0.2, 0.25) is 0 Å². The maximum atomic E-state index is 14.4. The van der Waals surface area contributed by atoms with Crippen LogP contribution in [0.1, 0.15) is 25.7 Å². The molecule has 0 bridgehead atoms. The second-order valence-electron chi connectivity index (χ2n) is 7.73. The van der Waals surface area contributed by atoms with Crippen LogP contribution in [-0.4, -0.2) is 73.7 Å². The fraction of sp³-hybridized carbons (Fsp3) is 0.600. The molecule has 3 amide bonds. The average Bonchev–Trinajstić information content (AvgIpc) is 3.41.